The molecule has 1 heterocycles. The zero-order chi connectivity index (χ0) is 21.9. The van der Waals surface area contributed by atoms with Crippen LogP contribution in [-0.4, -0.2) is 62.6 Å². The van der Waals surface area contributed by atoms with Gasteiger partial charge in [-0.3, -0.25) is 19.2 Å². The van der Waals surface area contributed by atoms with E-state index >= 15 is 0 Å². The first kappa shape index (κ1) is 21.6. The standard InChI is InChI=1S/C20H24N4O5S/c1-16(23(30(2,28)29)18-9-6-10-19(15-18)24(26)27)20(25)22-13-11-21(12-14-22)17-7-4-3-5-8-17/h3-10,15-16H,11-14H2,1-2H3/t16-/m1/s1. The first-order valence-corrected chi connectivity index (χ1v) is 11.4. The summed E-state index contributed by atoms with van der Waals surface area (Å²) >= 11 is 0. The van der Waals surface area contributed by atoms with E-state index in [1.165, 1.54) is 25.1 Å². The number of sulfonamides is 1. The van der Waals surface area contributed by atoms with Gasteiger partial charge in [0.15, 0.2) is 0 Å². The fourth-order valence-corrected chi connectivity index (χ4v) is 4.80. The van der Waals surface area contributed by atoms with Crippen LogP contribution in [0.15, 0.2) is 54.6 Å². The molecule has 10 heteroatoms. The summed E-state index contributed by atoms with van der Waals surface area (Å²) in [4.78, 5) is 27.4. The molecule has 1 aliphatic heterocycles. The van der Waals surface area contributed by atoms with E-state index in [4.69, 9.17) is 0 Å². The molecule has 160 valence electrons. The first-order chi connectivity index (χ1) is 14.2. The zero-order valence-electron chi connectivity index (χ0n) is 16.8. The first-order valence-electron chi connectivity index (χ1n) is 9.51. The molecule has 0 saturated carbocycles. The lowest BCUT2D eigenvalue weighted by atomic mass is 10.2. The predicted octanol–water partition coefficient (Wildman–Crippen LogP) is 2.10. The minimum atomic E-state index is -3.84. The second-order valence-electron chi connectivity index (χ2n) is 7.16. The highest BCUT2D eigenvalue weighted by atomic mass is 32.2. The van der Waals surface area contributed by atoms with Crippen molar-refractivity contribution >= 4 is 33.0 Å². The van der Waals surface area contributed by atoms with Crippen LogP contribution in [0.2, 0.25) is 0 Å². The molecule has 0 radical (unpaired) electrons. The number of hydrogen-bond donors (Lipinski definition) is 0. The normalized spacial score (nSPS) is 15.5. The maximum Gasteiger partial charge on any atom is 0.271 e. The molecule has 1 fully saturated rings. The number of hydrogen-bond acceptors (Lipinski definition) is 6. The quantitative estimate of drug-likeness (QED) is 0.511. The van der Waals surface area contributed by atoms with Gasteiger partial charge in [-0.1, -0.05) is 24.3 Å². The van der Waals surface area contributed by atoms with Crippen LogP contribution < -0.4 is 9.21 Å². The van der Waals surface area contributed by atoms with Crippen LogP contribution in [-0.2, 0) is 14.8 Å². The van der Waals surface area contributed by atoms with Gasteiger partial charge in [0.25, 0.3) is 5.69 Å². The van der Waals surface area contributed by atoms with Crippen LogP contribution in [0.1, 0.15) is 6.92 Å². The van der Waals surface area contributed by atoms with Crippen molar-refractivity contribution in [3.8, 4) is 0 Å². The second-order valence-corrected chi connectivity index (χ2v) is 9.02. The van der Waals surface area contributed by atoms with Gasteiger partial charge in [-0.2, -0.15) is 0 Å². The van der Waals surface area contributed by atoms with Crippen molar-refractivity contribution in [2.24, 2.45) is 0 Å². The van der Waals surface area contributed by atoms with E-state index in [9.17, 15) is 23.3 Å². The summed E-state index contributed by atoms with van der Waals surface area (Å²) < 4.78 is 25.9. The summed E-state index contributed by atoms with van der Waals surface area (Å²) in [7, 11) is -3.84. The molecular weight excluding hydrogens is 408 g/mol. The average Bonchev–Trinajstić information content (AvgIpc) is 2.73. The molecule has 0 N–H and O–H groups in total. The second kappa shape index (κ2) is 8.70. The number of nitro groups is 1. The van der Waals surface area contributed by atoms with Gasteiger partial charge in [-0.25, -0.2) is 8.42 Å². The molecule has 1 atom stereocenters. The lowest BCUT2D eigenvalue weighted by Crippen LogP contribution is -2.55. The van der Waals surface area contributed by atoms with Crippen LogP contribution in [0.25, 0.3) is 0 Å². The topological polar surface area (TPSA) is 104 Å². The van der Waals surface area contributed by atoms with Gasteiger partial charge in [-0.05, 0) is 25.1 Å². The van der Waals surface area contributed by atoms with Gasteiger partial charge in [0, 0.05) is 44.0 Å². The van der Waals surface area contributed by atoms with Crippen LogP contribution in [0.5, 0.6) is 0 Å². The molecule has 3 rings (SSSR count). The highest BCUT2D eigenvalue weighted by Crippen LogP contribution is 2.26. The lowest BCUT2D eigenvalue weighted by molar-refractivity contribution is -0.384. The van der Waals surface area contributed by atoms with Crippen molar-refractivity contribution in [2.45, 2.75) is 13.0 Å². The fraction of sp³-hybridized carbons (Fsp3) is 0.350. The number of non-ortho nitro benzene ring substituents is 1. The largest absolute Gasteiger partial charge is 0.368 e. The molecule has 1 amide bonds. The smallest absolute Gasteiger partial charge is 0.271 e. The molecule has 0 aromatic heterocycles. The monoisotopic (exact) mass is 432 g/mol. The third-order valence-corrected chi connectivity index (χ3v) is 6.32. The molecule has 1 saturated heterocycles. The van der Waals surface area contributed by atoms with E-state index in [1.54, 1.807) is 4.90 Å². The van der Waals surface area contributed by atoms with Crippen LogP contribution >= 0.6 is 0 Å². The highest BCUT2D eigenvalue weighted by Gasteiger charge is 2.34. The van der Waals surface area contributed by atoms with Gasteiger partial charge in [0.1, 0.15) is 6.04 Å². The third-order valence-electron chi connectivity index (χ3n) is 5.07. The minimum absolute atomic E-state index is 0.0930. The van der Waals surface area contributed by atoms with E-state index < -0.39 is 21.0 Å². The van der Waals surface area contributed by atoms with Gasteiger partial charge >= 0.3 is 0 Å². The molecule has 2 aromatic rings. The van der Waals surface area contributed by atoms with E-state index in [0.29, 0.717) is 26.2 Å². The van der Waals surface area contributed by atoms with Crippen molar-refractivity contribution in [3.63, 3.8) is 0 Å². The Balaban J connectivity index is 1.77. The Hall–Kier alpha value is -3.14. The summed E-state index contributed by atoms with van der Waals surface area (Å²) in [6.07, 6.45) is 0.989. The third kappa shape index (κ3) is 4.70. The number of piperazine rings is 1. The molecular formula is C20H24N4O5S. The Morgan fingerprint density at radius 3 is 2.27 bits per heavy atom. The molecule has 0 unspecified atom stereocenters. The number of nitrogens with zero attached hydrogens (tertiary/aromatic N) is 4. The van der Waals surface area contributed by atoms with Crippen molar-refractivity contribution in [1.29, 1.82) is 0 Å². The average molecular weight is 433 g/mol. The molecule has 2 aromatic carbocycles. The summed E-state index contributed by atoms with van der Waals surface area (Å²) in [5.74, 6) is -0.334. The van der Waals surface area contributed by atoms with Gasteiger partial charge < -0.3 is 9.80 Å². The Morgan fingerprint density at radius 1 is 1.07 bits per heavy atom. The van der Waals surface area contributed by atoms with Crippen molar-refractivity contribution < 1.29 is 18.1 Å². The number of para-hydroxylation sites is 1. The minimum Gasteiger partial charge on any atom is -0.368 e. The van der Waals surface area contributed by atoms with Gasteiger partial charge in [0.2, 0.25) is 15.9 Å². The maximum atomic E-state index is 13.1. The summed E-state index contributed by atoms with van der Waals surface area (Å²) in [6, 6.07) is 14.1. The Bertz CT molecular complexity index is 1020. The van der Waals surface area contributed by atoms with Gasteiger partial charge in [0.05, 0.1) is 16.9 Å². The van der Waals surface area contributed by atoms with Crippen LogP contribution in [0, 0.1) is 10.1 Å². The molecule has 1 aliphatic rings. The number of carbonyl (C=O) groups excluding carboxylic acids is 1. The highest BCUT2D eigenvalue weighted by molar-refractivity contribution is 7.92. The zero-order valence-corrected chi connectivity index (χ0v) is 17.7. The van der Waals surface area contributed by atoms with Crippen molar-refractivity contribution in [2.75, 3.05) is 41.6 Å². The van der Waals surface area contributed by atoms with Gasteiger partial charge in [-0.15, -0.1) is 0 Å². The number of benzene rings is 2. The fourth-order valence-electron chi connectivity index (χ4n) is 3.63. The molecule has 0 aliphatic carbocycles. The number of amides is 1. The SMILES string of the molecule is C[C@H](C(=O)N1CCN(c2ccccc2)CC1)N(c1cccc([N+](=O)[O-])c1)S(C)(=O)=O. The molecule has 0 bridgehead atoms. The maximum absolute atomic E-state index is 13.1. The van der Waals surface area contributed by atoms with Crippen LogP contribution in [0.3, 0.4) is 0 Å². The predicted molar refractivity (Wildman–Crippen MR) is 115 cm³/mol. The van der Waals surface area contributed by atoms with E-state index in [1.807, 2.05) is 30.3 Å². The van der Waals surface area contributed by atoms with E-state index in [-0.39, 0.29) is 17.3 Å². The van der Waals surface area contributed by atoms with E-state index in [0.717, 1.165) is 22.3 Å². The number of carbonyl (C=O) groups is 1. The Labute approximate surface area is 175 Å². The molecule has 9 nitrogen and oxygen atoms in total. The Morgan fingerprint density at radius 2 is 1.70 bits per heavy atom. The van der Waals surface area contributed by atoms with Crippen molar-refractivity contribution in [1.82, 2.24) is 4.90 Å². The molecule has 0 spiro atoms. The van der Waals surface area contributed by atoms with Crippen molar-refractivity contribution in [3.05, 3.63) is 64.7 Å². The number of nitro benzene ring substituents is 1. The van der Waals surface area contributed by atoms with E-state index in [2.05, 4.69) is 4.90 Å². The number of rotatable bonds is 6. The summed E-state index contributed by atoms with van der Waals surface area (Å²) in [6.45, 7) is 3.71. The summed E-state index contributed by atoms with van der Waals surface area (Å²) in [5.41, 5.74) is 0.930. The molecule has 30 heavy (non-hydrogen) atoms. The summed E-state index contributed by atoms with van der Waals surface area (Å²) in [5, 5.41) is 11.1. The Kier molecular flexibility index (Phi) is 6.25. The lowest BCUT2D eigenvalue weighted by Gasteiger charge is -2.39. The number of anilines is 2. The van der Waals surface area contributed by atoms with Crippen LogP contribution in [0.4, 0.5) is 17.1 Å².